The molecule has 3 fully saturated rings. The van der Waals surface area contributed by atoms with Crippen LogP contribution in [0.25, 0.3) is 0 Å². The van der Waals surface area contributed by atoms with E-state index < -0.39 is 0 Å². The molecule has 3 saturated heterocycles. The molecule has 1 aromatic carbocycles. The SMILES string of the molecule is O=C(C[C@H]1COCCN1)N1CCC2(CCC(=O)N(CCc3ccccc3)C2)CC1. The lowest BCUT2D eigenvalue weighted by Gasteiger charge is -2.47. The van der Waals surface area contributed by atoms with E-state index in [0.29, 0.717) is 19.4 Å². The van der Waals surface area contributed by atoms with Crippen LogP contribution in [-0.4, -0.2) is 73.6 Å². The molecule has 2 amide bonds. The zero-order chi connectivity index (χ0) is 20.1. The van der Waals surface area contributed by atoms with Crippen molar-refractivity contribution in [2.24, 2.45) is 5.41 Å². The number of rotatable bonds is 5. The zero-order valence-corrected chi connectivity index (χ0v) is 17.3. The highest BCUT2D eigenvalue weighted by molar-refractivity contribution is 5.78. The molecule has 6 heteroatoms. The molecule has 3 heterocycles. The van der Waals surface area contributed by atoms with Crippen LogP contribution in [0.5, 0.6) is 0 Å². The minimum Gasteiger partial charge on any atom is -0.378 e. The van der Waals surface area contributed by atoms with Gasteiger partial charge in [0.2, 0.25) is 11.8 Å². The highest BCUT2D eigenvalue weighted by Crippen LogP contribution is 2.40. The number of carbonyl (C=O) groups is 2. The van der Waals surface area contributed by atoms with Crippen molar-refractivity contribution in [2.45, 2.75) is 44.6 Å². The molecule has 158 valence electrons. The molecule has 6 nitrogen and oxygen atoms in total. The number of nitrogens with zero attached hydrogens (tertiary/aromatic N) is 2. The number of hydrogen-bond donors (Lipinski definition) is 1. The zero-order valence-electron chi connectivity index (χ0n) is 17.3. The number of amides is 2. The Labute approximate surface area is 173 Å². The predicted octanol–water partition coefficient (Wildman–Crippen LogP) is 1.84. The van der Waals surface area contributed by atoms with E-state index >= 15 is 0 Å². The summed E-state index contributed by atoms with van der Waals surface area (Å²) in [5, 5.41) is 3.37. The molecule has 3 aliphatic heterocycles. The maximum atomic E-state index is 12.7. The molecule has 0 radical (unpaired) electrons. The monoisotopic (exact) mass is 399 g/mol. The third-order valence-corrected chi connectivity index (χ3v) is 6.86. The summed E-state index contributed by atoms with van der Waals surface area (Å²) in [6, 6.07) is 10.5. The second kappa shape index (κ2) is 9.26. The van der Waals surface area contributed by atoms with Crippen LogP contribution in [0.1, 0.15) is 37.7 Å². The van der Waals surface area contributed by atoms with Crippen LogP contribution in [0, 0.1) is 5.41 Å². The largest absolute Gasteiger partial charge is 0.378 e. The number of likely N-dealkylation sites (tertiary alicyclic amines) is 2. The number of hydrogen-bond acceptors (Lipinski definition) is 4. The number of benzene rings is 1. The van der Waals surface area contributed by atoms with Gasteiger partial charge in [-0.05, 0) is 36.7 Å². The topological polar surface area (TPSA) is 61.9 Å². The van der Waals surface area contributed by atoms with Gasteiger partial charge in [0.15, 0.2) is 0 Å². The number of nitrogens with one attached hydrogen (secondary N) is 1. The van der Waals surface area contributed by atoms with Crippen molar-refractivity contribution in [1.82, 2.24) is 15.1 Å². The van der Waals surface area contributed by atoms with Crippen molar-refractivity contribution in [1.29, 1.82) is 0 Å². The Balaban J connectivity index is 1.27. The molecule has 1 atom stereocenters. The van der Waals surface area contributed by atoms with E-state index in [-0.39, 0.29) is 23.3 Å². The summed E-state index contributed by atoms with van der Waals surface area (Å²) in [6.07, 6.45) is 5.04. The molecule has 3 aliphatic rings. The van der Waals surface area contributed by atoms with Crippen molar-refractivity contribution in [3.63, 3.8) is 0 Å². The summed E-state index contributed by atoms with van der Waals surface area (Å²) in [6.45, 7) is 5.45. The third kappa shape index (κ3) is 5.17. The molecule has 0 aromatic heterocycles. The van der Waals surface area contributed by atoms with Gasteiger partial charge in [-0.2, -0.15) is 0 Å². The van der Waals surface area contributed by atoms with Crippen LogP contribution in [0.2, 0.25) is 0 Å². The summed E-state index contributed by atoms with van der Waals surface area (Å²) in [4.78, 5) is 29.2. The molecule has 0 saturated carbocycles. The Morgan fingerprint density at radius 3 is 2.69 bits per heavy atom. The fraction of sp³-hybridized carbons (Fsp3) is 0.652. The predicted molar refractivity (Wildman–Crippen MR) is 111 cm³/mol. The Bertz CT molecular complexity index is 695. The molecular weight excluding hydrogens is 366 g/mol. The fourth-order valence-electron chi connectivity index (χ4n) is 4.94. The smallest absolute Gasteiger partial charge is 0.224 e. The Morgan fingerprint density at radius 1 is 1.17 bits per heavy atom. The minimum absolute atomic E-state index is 0.146. The standard InChI is InChI=1S/C23H33N3O3/c27-21-6-8-23(18-26(21)12-7-19-4-2-1-3-5-19)9-13-25(14-10-23)22(28)16-20-17-29-15-11-24-20/h1-5,20,24H,6-18H2/t20-/m0/s1. The summed E-state index contributed by atoms with van der Waals surface area (Å²) in [7, 11) is 0. The van der Waals surface area contributed by atoms with Crippen LogP contribution in [-0.2, 0) is 20.7 Å². The van der Waals surface area contributed by atoms with E-state index in [4.69, 9.17) is 4.74 Å². The Hall–Kier alpha value is -1.92. The maximum Gasteiger partial charge on any atom is 0.224 e. The maximum absolute atomic E-state index is 12.7. The van der Waals surface area contributed by atoms with Gasteiger partial charge in [-0.3, -0.25) is 9.59 Å². The van der Waals surface area contributed by atoms with Gasteiger partial charge in [0.1, 0.15) is 0 Å². The van der Waals surface area contributed by atoms with Crippen molar-refractivity contribution in [3.05, 3.63) is 35.9 Å². The van der Waals surface area contributed by atoms with E-state index in [1.54, 1.807) is 0 Å². The van der Waals surface area contributed by atoms with Gasteiger partial charge < -0.3 is 19.9 Å². The lowest BCUT2D eigenvalue weighted by molar-refractivity contribution is -0.142. The quantitative estimate of drug-likeness (QED) is 0.821. The van der Waals surface area contributed by atoms with Crippen LogP contribution < -0.4 is 5.32 Å². The molecule has 1 aromatic rings. The summed E-state index contributed by atoms with van der Waals surface area (Å²) >= 11 is 0. The first-order valence-corrected chi connectivity index (χ1v) is 11.0. The average molecular weight is 400 g/mol. The van der Waals surface area contributed by atoms with E-state index in [2.05, 4.69) is 34.5 Å². The minimum atomic E-state index is 0.146. The van der Waals surface area contributed by atoms with Gasteiger partial charge in [0, 0.05) is 51.6 Å². The number of morpholine rings is 1. The number of carbonyl (C=O) groups excluding carboxylic acids is 2. The molecule has 0 aliphatic carbocycles. The van der Waals surface area contributed by atoms with Crippen molar-refractivity contribution in [2.75, 3.05) is 45.9 Å². The molecule has 1 N–H and O–H groups in total. The first-order chi connectivity index (χ1) is 14.1. The summed E-state index contributed by atoms with van der Waals surface area (Å²) < 4.78 is 5.47. The highest BCUT2D eigenvalue weighted by Gasteiger charge is 2.41. The molecular formula is C23H33N3O3. The third-order valence-electron chi connectivity index (χ3n) is 6.86. The van der Waals surface area contributed by atoms with Crippen LogP contribution >= 0.6 is 0 Å². The van der Waals surface area contributed by atoms with Crippen LogP contribution in [0.4, 0.5) is 0 Å². The lowest BCUT2D eigenvalue weighted by Crippen LogP contribution is -2.53. The normalized spacial score (nSPS) is 24.7. The van der Waals surface area contributed by atoms with Crippen LogP contribution in [0.15, 0.2) is 30.3 Å². The van der Waals surface area contributed by atoms with Crippen LogP contribution in [0.3, 0.4) is 0 Å². The van der Waals surface area contributed by atoms with E-state index in [0.717, 1.165) is 65.0 Å². The summed E-state index contributed by atoms with van der Waals surface area (Å²) in [5.74, 6) is 0.518. The second-order valence-corrected chi connectivity index (χ2v) is 8.86. The Kier molecular flexibility index (Phi) is 6.50. The first kappa shape index (κ1) is 20.4. The first-order valence-electron chi connectivity index (χ1n) is 11.0. The van der Waals surface area contributed by atoms with Gasteiger partial charge in [-0.1, -0.05) is 30.3 Å². The lowest BCUT2D eigenvalue weighted by atomic mass is 9.72. The van der Waals surface area contributed by atoms with Gasteiger partial charge in [-0.25, -0.2) is 0 Å². The fourth-order valence-corrected chi connectivity index (χ4v) is 4.94. The molecule has 1 spiro atoms. The number of ether oxygens (including phenoxy) is 1. The van der Waals surface area contributed by atoms with Gasteiger partial charge >= 0.3 is 0 Å². The summed E-state index contributed by atoms with van der Waals surface area (Å²) in [5.41, 5.74) is 1.47. The highest BCUT2D eigenvalue weighted by atomic mass is 16.5. The molecule has 0 bridgehead atoms. The van der Waals surface area contributed by atoms with E-state index in [9.17, 15) is 9.59 Å². The van der Waals surface area contributed by atoms with Crippen molar-refractivity contribution in [3.8, 4) is 0 Å². The van der Waals surface area contributed by atoms with Gasteiger partial charge in [0.25, 0.3) is 0 Å². The van der Waals surface area contributed by atoms with E-state index in [1.807, 2.05) is 11.0 Å². The average Bonchev–Trinajstić information content (AvgIpc) is 2.76. The molecule has 0 unspecified atom stereocenters. The van der Waals surface area contributed by atoms with Gasteiger partial charge in [0.05, 0.1) is 13.2 Å². The van der Waals surface area contributed by atoms with Gasteiger partial charge in [-0.15, -0.1) is 0 Å². The Morgan fingerprint density at radius 2 is 1.97 bits per heavy atom. The molecule has 4 rings (SSSR count). The molecule has 29 heavy (non-hydrogen) atoms. The van der Waals surface area contributed by atoms with E-state index in [1.165, 1.54) is 5.56 Å². The second-order valence-electron chi connectivity index (χ2n) is 8.86. The van der Waals surface area contributed by atoms with Crippen molar-refractivity contribution < 1.29 is 14.3 Å². The van der Waals surface area contributed by atoms with Crippen molar-refractivity contribution >= 4 is 11.8 Å². The number of piperidine rings is 2.